The van der Waals surface area contributed by atoms with Crippen LogP contribution >= 0.6 is 24.8 Å². The van der Waals surface area contributed by atoms with Crippen LogP contribution in [0.15, 0.2) is 0 Å². The van der Waals surface area contributed by atoms with E-state index in [1.807, 2.05) is 0 Å². The molecule has 0 amide bonds. The van der Waals surface area contributed by atoms with Crippen molar-refractivity contribution in [1.82, 2.24) is 0 Å². The van der Waals surface area contributed by atoms with Gasteiger partial charge in [0.15, 0.2) is 0 Å². The molecular weight excluding hydrogens is 183 g/mol. The summed E-state index contributed by atoms with van der Waals surface area (Å²) in [5.74, 6) is 0. The Morgan fingerprint density at radius 2 is 1.73 bits per heavy atom. The van der Waals surface area contributed by atoms with Gasteiger partial charge >= 0.3 is 0 Å². The van der Waals surface area contributed by atoms with Gasteiger partial charge in [-0.05, 0) is 19.4 Å². The molecule has 0 aliphatic carbocycles. The van der Waals surface area contributed by atoms with Crippen LogP contribution in [0.25, 0.3) is 0 Å². The molecule has 0 fully saturated rings. The summed E-state index contributed by atoms with van der Waals surface area (Å²) < 4.78 is 0. The highest BCUT2D eigenvalue weighted by Gasteiger charge is 1.97. The Kier molecular flexibility index (Phi) is 20.9. The zero-order chi connectivity index (χ0) is 7.11. The first-order valence-corrected chi connectivity index (χ1v) is 3.77. The lowest BCUT2D eigenvalue weighted by atomic mass is 10.1. The Morgan fingerprint density at radius 1 is 1.18 bits per heavy atom. The molecule has 0 saturated carbocycles. The van der Waals surface area contributed by atoms with Crippen LogP contribution < -0.4 is 11.5 Å². The highest BCUT2D eigenvalue weighted by atomic mass is 35.5. The van der Waals surface area contributed by atoms with Crippen LogP contribution in [-0.4, -0.2) is 12.6 Å². The van der Waals surface area contributed by atoms with Gasteiger partial charge in [0.25, 0.3) is 0 Å². The summed E-state index contributed by atoms with van der Waals surface area (Å²) in [5, 5.41) is 0. The van der Waals surface area contributed by atoms with Crippen LogP contribution in [0.2, 0.25) is 0 Å². The topological polar surface area (TPSA) is 52.0 Å². The number of hydrogen-bond acceptors (Lipinski definition) is 2. The maximum absolute atomic E-state index is 5.69. The third kappa shape index (κ3) is 13.5. The molecular formula is C7H20Cl2N2. The lowest BCUT2D eigenvalue weighted by Gasteiger charge is -2.07. The van der Waals surface area contributed by atoms with E-state index in [-0.39, 0.29) is 24.8 Å². The minimum atomic E-state index is 0. The van der Waals surface area contributed by atoms with Crippen LogP contribution in [-0.2, 0) is 0 Å². The molecule has 0 aliphatic heterocycles. The van der Waals surface area contributed by atoms with Gasteiger partial charge in [0, 0.05) is 6.04 Å². The molecule has 0 bridgehead atoms. The van der Waals surface area contributed by atoms with E-state index in [2.05, 4.69) is 6.92 Å². The van der Waals surface area contributed by atoms with Crippen molar-refractivity contribution >= 4 is 24.8 Å². The minimum absolute atomic E-state index is 0. The Bertz CT molecular complexity index is 62.4. The summed E-state index contributed by atoms with van der Waals surface area (Å²) >= 11 is 0. The summed E-state index contributed by atoms with van der Waals surface area (Å²) in [6.07, 6.45) is 4.58. The third-order valence-corrected chi connectivity index (χ3v) is 1.47. The summed E-state index contributed by atoms with van der Waals surface area (Å²) in [7, 11) is 0. The Morgan fingerprint density at radius 3 is 2.09 bits per heavy atom. The van der Waals surface area contributed by atoms with Gasteiger partial charge in [-0.25, -0.2) is 0 Å². The number of rotatable bonds is 5. The van der Waals surface area contributed by atoms with Crippen molar-refractivity contribution in [2.24, 2.45) is 11.5 Å². The van der Waals surface area contributed by atoms with Gasteiger partial charge in [-0.15, -0.1) is 24.8 Å². The van der Waals surface area contributed by atoms with Crippen molar-refractivity contribution < 1.29 is 0 Å². The molecule has 2 nitrogen and oxygen atoms in total. The number of halogens is 2. The molecule has 72 valence electrons. The van der Waals surface area contributed by atoms with Gasteiger partial charge in [-0.2, -0.15) is 0 Å². The molecule has 0 radical (unpaired) electrons. The molecule has 0 rings (SSSR count). The van der Waals surface area contributed by atoms with E-state index in [1.54, 1.807) is 0 Å². The molecule has 0 aliphatic rings. The molecule has 11 heavy (non-hydrogen) atoms. The van der Waals surface area contributed by atoms with Crippen molar-refractivity contribution in [2.75, 3.05) is 6.54 Å². The van der Waals surface area contributed by atoms with E-state index in [9.17, 15) is 0 Å². The van der Waals surface area contributed by atoms with Crippen molar-refractivity contribution in [3.8, 4) is 0 Å². The number of unbranched alkanes of at least 4 members (excludes halogenated alkanes) is 1. The lowest BCUT2D eigenvalue weighted by Crippen LogP contribution is -2.23. The standard InChI is InChI=1S/C7H18N2.2ClH/c1-2-3-4-7(9)5-6-8;;/h7H,2-6,8-9H2,1H3;2*1H. The second-order valence-corrected chi connectivity index (χ2v) is 2.48. The highest BCUT2D eigenvalue weighted by Crippen LogP contribution is 1.99. The van der Waals surface area contributed by atoms with Gasteiger partial charge in [0.05, 0.1) is 0 Å². The first kappa shape index (κ1) is 17.5. The third-order valence-electron chi connectivity index (χ3n) is 1.47. The van der Waals surface area contributed by atoms with E-state index in [0.717, 1.165) is 19.4 Å². The second-order valence-electron chi connectivity index (χ2n) is 2.48. The summed E-state index contributed by atoms with van der Waals surface area (Å²) in [4.78, 5) is 0. The molecule has 0 saturated heterocycles. The van der Waals surface area contributed by atoms with E-state index >= 15 is 0 Å². The van der Waals surface area contributed by atoms with Crippen LogP contribution in [0.1, 0.15) is 32.6 Å². The predicted octanol–water partition coefficient (Wildman–Crippen LogP) is 1.70. The fourth-order valence-electron chi connectivity index (χ4n) is 0.825. The molecule has 0 aromatic heterocycles. The molecule has 0 heterocycles. The SMILES string of the molecule is CCCCC(N)CCN.Cl.Cl. The highest BCUT2D eigenvalue weighted by molar-refractivity contribution is 5.85. The maximum atomic E-state index is 5.69. The average Bonchev–Trinajstić information content (AvgIpc) is 1.85. The van der Waals surface area contributed by atoms with Gasteiger partial charge in [0.1, 0.15) is 0 Å². The van der Waals surface area contributed by atoms with Crippen LogP contribution in [0.5, 0.6) is 0 Å². The number of nitrogens with two attached hydrogens (primary N) is 2. The molecule has 4 heteroatoms. The van der Waals surface area contributed by atoms with Crippen LogP contribution in [0.3, 0.4) is 0 Å². The monoisotopic (exact) mass is 202 g/mol. The molecule has 1 atom stereocenters. The molecule has 4 N–H and O–H groups in total. The van der Waals surface area contributed by atoms with E-state index in [4.69, 9.17) is 11.5 Å². The zero-order valence-electron chi connectivity index (χ0n) is 7.08. The van der Waals surface area contributed by atoms with E-state index in [1.165, 1.54) is 12.8 Å². The van der Waals surface area contributed by atoms with Crippen LogP contribution in [0, 0.1) is 0 Å². The fourth-order valence-corrected chi connectivity index (χ4v) is 0.825. The van der Waals surface area contributed by atoms with Gasteiger partial charge in [-0.3, -0.25) is 0 Å². The first-order chi connectivity index (χ1) is 4.31. The fraction of sp³-hybridized carbons (Fsp3) is 1.00. The zero-order valence-corrected chi connectivity index (χ0v) is 8.72. The Labute approximate surface area is 81.9 Å². The average molecular weight is 203 g/mol. The molecule has 0 spiro atoms. The summed E-state index contributed by atoms with van der Waals surface area (Å²) in [6.45, 7) is 2.90. The minimum Gasteiger partial charge on any atom is -0.330 e. The lowest BCUT2D eigenvalue weighted by molar-refractivity contribution is 0.547. The van der Waals surface area contributed by atoms with Gasteiger partial charge < -0.3 is 11.5 Å². The number of hydrogen-bond donors (Lipinski definition) is 2. The predicted molar refractivity (Wildman–Crippen MR) is 55.7 cm³/mol. The summed E-state index contributed by atoms with van der Waals surface area (Å²) in [5.41, 5.74) is 11.0. The molecule has 0 aromatic carbocycles. The smallest absolute Gasteiger partial charge is 0.00508 e. The van der Waals surface area contributed by atoms with Crippen molar-refractivity contribution in [3.63, 3.8) is 0 Å². The van der Waals surface area contributed by atoms with Gasteiger partial charge in [-0.1, -0.05) is 19.8 Å². The largest absolute Gasteiger partial charge is 0.330 e. The van der Waals surface area contributed by atoms with Gasteiger partial charge in [0.2, 0.25) is 0 Å². The molecule has 1 unspecified atom stereocenters. The second kappa shape index (κ2) is 13.1. The molecule has 0 aromatic rings. The van der Waals surface area contributed by atoms with Crippen molar-refractivity contribution in [3.05, 3.63) is 0 Å². The Balaban J connectivity index is -0.000000320. The maximum Gasteiger partial charge on any atom is 0.00508 e. The van der Waals surface area contributed by atoms with Crippen LogP contribution in [0.4, 0.5) is 0 Å². The van der Waals surface area contributed by atoms with E-state index in [0.29, 0.717) is 6.04 Å². The summed E-state index contributed by atoms with van der Waals surface area (Å²) in [6, 6.07) is 0.343. The van der Waals surface area contributed by atoms with E-state index < -0.39 is 0 Å². The van der Waals surface area contributed by atoms with Crippen molar-refractivity contribution in [2.45, 2.75) is 38.6 Å². The van der Waals surface area contributed by atoms with Crippen molar-refractivity contribution in [1.29, 1.82) is 0 Å². The Hall–Kier alpha value is 0.500. The normalized spacial score (nSPS) is 11.2. The first-order valence-electron chi connectivity index (χ1n) is 3.77. The quantitative estimate of drug-likeness (QED) is 0.714.